The number of anilines is 1. The van der Waals surface area contributed by atoms with Crippen molar-refractivity contribution in [2.24, 2.45) is 0 Å². The van der Waals surface area contributed by atoms with Crippen LogP contribution in [-0.2, 0) is 0 Å². The Labute approximate surface area is 158 Å². The van der Waals surface area contributed by atoms with Gasteiger partial charge in [-0.2, -0.15) is 9.67 Å². The zero-order valence-electron chi connectivity index (χ0n) is 14.1. The summed E-state index contributed by atoms with van der Waals surface area (Å²) in [5.41, 5.74) is 10.6. The van der Waals surface area contributed by atoms with Gasteiger partial charge in [-0.3, -0.25) is 0 Å². The Kier molecular flexibility index (Phi) is 4.04. The molecule has 7 nitrogen and oxygen atoms in total. The van der Waals surface area contributed by atoms with Gasteiger partial charge in [-0.1, -0.05) is 38.4 Å². The highest BCUT2D eigenvalue weighted by atomic mass is 79.9. The fourth-order valence-corrected chi connectivity index (χ4v) is 2.88. The predicted octanol–water partition coefficient (Wildman–Crippen LogP) is 3.95. The van der Waals surface area contributed by atoms with Gasteiger partial charge >= 0.3 is 0 Å². The molecule has 2 N–H and O–H groups in total. The van der Waals surface area contributed by atoms with Crippen LogP contribution in [0.15, 0.2) is 51.5 Å². The highest BCUT2D eigenvalue weighted by molar-refractivity contribution is 9.10. The van der Waals surface area contributed by atoms with E-state index >= 15 is 0 Å². The van der Waals surface area contributed by atoms with Gasteiger partial charge in [0.2, 0.25) is 5.82 Å². The van der Waals surface area contributed by atoms with E-state index in [-0.39, 0.29) is 5.89 Å². The molecule has 0 radical (unpaired) electrons. The second-order valence-corrected chi connectivity index (χ2v) is 6.80. The lowest BCUT2D eigenvalue weighted by molar-refractivity contribution is 0.431. The summed E-state index contributed by atoms with van der Waals surface area (Å²) in [4.78, 5) is 4.40. The number of rotatable bonds is 3. The van der Waals surface area contributed by atoms with Gasteiger partial charge in [-0.15, -0.1) is 5.10 Å². The zero-order chi connectivity index (χ0) is 18.3. The Hall–Kier alpha value is -3.00. The highest BCUT2D eigenvalue weighted by Gasteiger charge is 2.20. The Balaban J connectivity index is 1.73. The second kappa shape index (κ2) is 6.38. The van der Waals surface area contributed by atoms with Crippen LogP contribution >= 0.6 is 15.9 Å². The average molecular weight is 411 g/mol. The Morgan fingerprint density at radius 3 is 2.62 bits per heavy atom. The molecule has 0 bridgehead atoms. The normalized spacial score (nSPS) is 11.0. The molecule has 0 atom stereocenters. The molecule has 130 valence electrons. The number of nitrogen functional groups attached to an aromatic ring is 1. The van der Waals surface area contributed by atoms with Crippen molar-refractivity contribution in [3.63, 3.8) is 0 Å². The van der Waals surface area contributed by atoms with Gasteiger partial charge in [0, 0.05) is 10.0 Å². The Morgan fingerprint density at radius 2 is 1.85 bits per heavy atom. The van der Waals surface area contributed by atoms with E-state index in [1.54, 1.807) is 4.68 Å². The number of hydrogen-bond donors (Lipinski definition) is 1. The lowest BCUT2D eigenvalue weighted by atomic mass is 10.1. The van der Waals surface area contributed by atoms with Crippen LogP contribution in [-0.4, -0.2) is 25.1 Å². The number of benzene rings is 2. The molecule has 0 aliphatic carbocycles. The first kappa shape index (κ1) is 16.5. The zero-order valence-corrected chi connectivity index (χ0v) is 15.7. The maximum absolute atomic E-state index is 6.26. The molecular weight excluding hydrogens is 396 g/mol. The van der Waals surface area contributed by atoms with Gasteiger partial charge in [0.15, 0.2) is 11.5 Å². The first-order valence-electron chi connectivity index (χ1n) is 7.92. The van der Waals surface area contributed by atoms with Gasteiger partial charge < -0.3 is 10.3 Å². The van der Waals surface area contributed by atoms with E-state index in [9.17, 15) is 0 Å². The number of nitrogens with two attached hydrogens (primary N) is 1. The van der Waals surface area contributed by atoms with Crippen molar-refractivity contribution in [3.05, 3.63) is 58.1 Å². The van der Waals surface area contributed by atoms with E-state index in [4.69, 9.17) is 10.3 Å². The number of halogens is 1. The second-order valence-electron chi connectivity index (χ2n) is 5.88. The van der Waals surface area contributed by atoms with Crippen LogP contribution in [0.4, 0.5) is 5.82 Å². The smallest absolute Gasteiger partial charge is 0.282 e. The molecular formula is C18H15BrN6O. The molecule has 0 aliphatic rings. The number of aromatic nitrogens is 5. The summed E-state index contributed by atoms with van der Waals surface area (Å²) in [6.07, 6.45) is 0. The molecule has 4 rings (SSSR count). The van der Waals surface area contributed by atoms with Crippen LogP contribution in [0.2, 0.25) is 0 Å². The fourth-order valence-electron chi connectivity index (χ4n) is 2.62. The summed E-state index contributed by atoms with van der Waals surface area (Å²) >= 11 is 3.40. The van der Waals surface area contributed by atoms with Crippen LogP contribution in [0.25, 0.3) is 28.7 Å². The van der Waals surface area contributed by atoms with E-state index < -0.39 is 0 Å². The van der Waals surface area contributed by atoms with Crippen molar-refractivity contribution < 1.29 is 4.52 Å². The van der Waals surface area contributed by atoms with Crippen molar-refractivity contribution in [2.45, 2.75) is 13.8 Å². The highest BCUT2D eigenvalue weighted by Crippen LogP contribution is 2.28. The molecule has 4 aromatic rings. The third-order valence-corrected chi connectivity index (χ3v) is 4.77. The predicted molar refractivity (Wildman–Crippen MR) is 102 cm³/mol. The SMILES string of the molecule is Cc1cccc(-n2nnc(-c3nc(-c4ccc(Br)cc4)no3)c2N)c1C. The molecule has 0 fully saturated rings. The van der Waals surface area contributed by atoms with Crippen molar-refractivity contribution in [1.29, 1.82) is 0 Å². The standard InChI is InChI=1S/C18H15BrN6O/c1-10-4-3-5-14(11(10)2)25-16(20)15(22-24-25)18-21-17(23-26-18)12-6-8-13(19)9-7-12/h3-9H,20H2,1-2H3. The molecule has 0 saturated carbocycles. The first-order valence-corrected chi connectivity index (χ1v) is 8.71. The number of hydrogen-bond acceptors (Lipinski definition) is 6. The van der Waals surface area contributed by atoms with Gasteiger partial charge in [0.05, 0.1) is 5.69 Å². The number of aryl methyl sites for hydroxylation is 1. The minimum Gasteiger partial charge on any atom is -0.382 e. The quantitative estimate of drug-likeness (QED) is 0.549. The molecule has 0 aliphatic heterocycles. The molecule has 0 unspecified atom stereocenters. The van der Waals surface area contributed by atoms with Crippen molar-refractivity contribution in [1.82, 2.24) is 25.1 Å². The Morgan fingerprint density at radius 1 is 1.08 bits per heavy atom. The van der Waals surface area contributed by atoms with Gasteiger partial charge in [-0.05, 0) is 55.3 Å². The van der Waals surface area contributed by atoms with Crippen LogP contribution in [0.1, 0.15) is 11.1 Å². The number of nitrogens with zero attached hydrogens (tertiary/aromatic N) is 5. The van der Waals surface area contributed by atoms with Gasteiger partial charge in [0.25, 0.3) is 5.89 Å². The summed E-state index contributed by atoms with van der Waals surface area (Å²) < 4.78 is 7.91. The Bertz CT molecular complexity index is 1080. The monoisotopic (exact) mass is 410 g/mol. The van der Waals surface area contributed by atoms with E-state index in [1.807, 2.05) is 56.3 Å². The molecule has 8 heteroatoms. The topological polar surface area (TPSA) is 95.6 Å². The third kappa shape index (κ3) is 2.78. The minimum atomic E-state index is 0.233. The summed E-state index contributed by atoms with van der Waals surface area (Å²) in [6.45, 7) is 4.05. The van der Waals surface area contributed by atoms with Crippen LogP contribution in [0.5, 0.6) is 0 Å². The van der Waals surface area contributed by atoms with E-state index in [2.05, 4.69) is 36.4 Å². The molecule has 0 saturated heterocycles. The minimum absolute atomic E-state index is 0.233. The molecule has 2 aromatic carbocycles. The molecule has 2 heterocycles. The molecule has 0 spiro atoms. The first-order chi connectivity index (χ1) is 12.5. The summed E-state index contributed by atoms with van der Waals surface area (Å²) in [5.74, 6) is 1.05. The van der Waals surface area contributed by atoms with Crippen LogP contribution in [0, 0.1) is 13.8 Å². The molecule has 0 amide bonds. The molecule has 26 heavy (non-hydrogen) atoms. The van der Waals surface area contributed by atoms with E-state index in [0.29, 0.717) is 17.3 Å². The lowest BCUT2D eigenvalue weighted by Crippen LogP contribution is -2.05. The van der Waals surface area contributed by atoms with Gasteiger partial charge in [0.1, 0.15) is 0 Å². The van der Waals surface area contributed by atoms with E-state index in [0.717, 1.165) is 26.9 Å². The fraction of sp³-hybridized carbons (Fsp3) is 0.111. The molecule has 2 aromatic heterocycles. The summed E-state index contributed by atoms with van der Waals surface area (Å²) in [6, 6.07) is 13.6. The maximum Gasteiger partial charge on any atom is 0.282 e. The average Bonchev–Trinajstić information content (AvgIpc) is 3.25. The third-order valence-electron chi connectivity index (χ3n) is 4.24. The summed E-state index contributed by atoms with van der Waals surface area (Å²) in [5, 5.41) is 12.3. The van der Waals surface area contributed by atoms with Crippen LogP contribution < -0.4 is 5.73 Å². The van der Waals surface area contributed by atoms with Crippen molar-refractivity contribution in [2.75, 3.05) is 5.73 Å². The van der Waals surface area contributed by atoms with Gasteiger partial charge in [-0.25, -0.2) is 0 Å². The van der Waals surface area contributed by atoms with Crippen LogP contribution in [0.3, 0.4) is 0 Å². The lowest BCUT2D eigenvalue weighted by Gasteiger charge is -2.08. The van der Waals surface area contributed by atoms with E-state index in [1.165, 1.54) is 0 Å². The maximum atomic E-state index is 6.26. The largest absolute Gasteiger partial charge is 0.382 e. The van der Waals surface area contributed by atoms with Crippen molar-refractivity contribution in [3.8, 4) is 28.7 Å². The summed E-state index contributed by atoms with van der Waals surface area (Å²) in [7, 11) is 0. The van der Waals surface area contributed by atoms with Crippen molar-refractivity contribution >= 4 is 21.7 Å².